The van der Waals surface area contributed by atoms with Gasteiger partial charge in [-0.2, -0.15) is 9.49 Å². The topological polar surface area (TPSA) is 65.9 Å². The van der Waals surface area contributed by atoms with Crippen LogP contribution in [0.1, 0.15) is 12.1 Å². The van der Waals surface area contributed by atoms with Crippen LogP contribution in [-0.2, 0) is 0 Å². The molecule has 2 aromatic heterocycles. The molecule has 0 aromatic carbocycles. The number of pyridine rings is 2. The zero-order chi connectivity index (χ0) is 18.6. The third kappa shape index (κ3) is 3.97. The molecule has 0 aliphatic carbocycles. The quantitative estimate of drug-likeness (QED) is 0.480. The Morgan fingerprint density at radius 2 is 2.07 bits per heavy atom. The van der Waals surface area contributed by atoms with E-state index >= 15 is 0 Å². The van der Waals surface area contributed by atoms with Crippen molar-refractivity contribution in [3.8, 4) is 5.75 Å². The Morgan fingerprint density at radius 1 is 1.22 bits per heavy atom. The lowest BCUT2D eigenvalue weighted by atomic mass is 10.1. The van der Waals surface area contributed by atoms with Gasteiger partial charge in [0.05, 0.1) is 24.2 Å². The Bertz CT molecular complexity index is 854. The van der Waals surface area contributed by atoms with Gasteiger partial charge in [0.15, 0.2) is 5.11 Å². The van der Waals surface area contributed by atoms with Crippen molar-refractivity contribution in [1.29, 1.82) is 0 Å². The highest BCUT2D eigenvalue weighted by Crippen LogP contribution is 2.23. The van der Waals surface area contributed by atoms with Crippen LogP contribution in [0.4, 0.5) is 10.1 Å². The molecule has 1 fully saturated rings. The zero-order valence-electron chi connectivity index (χ0n) is 14.6. The molecule has 7 nitrogen and oxygen atoms in total. The van der Waals surface area contributed by atoms with Crippen LogP contribution < -0.4 is 15.1 Å². The monoisotopic (exact) mass is 386 g/mol. The number of piperazine rings is 1. The molecule has 2 aliphatic heterocycles. The first-order valence-corrected chi connectivity index (χ1v) is 9.18. The van der Waals surface area contributed by atoms with E-state index in [-0.39, 0.29) is 0 Å². The molecule has 4 rings (SSSR count). The molecule has 0 radical (unpaired) electrons. The average Bonchev–Trinajstić information content (AvgIpc) is 2.73. The Hall–Kier alpha value is -2.81. The first kappa shape index (κ1) is 17.6. The maximum absolute atomic E-state index is 13.4. The van der Waals surface area contributed by atoms with Crippen molar-refractivity contribution in [1.82, 2.24) is 20.3 Å². The average molecular weight is 386 g/mol. The highest BCUT2D eigenvalue weighted by Gasteiger charge is 2.21. The summed E-state index contributed by atoms with van der Waals surface area (Å²) in [6.45, 7) is 3.77. The summed E-state index contributed by atoms with van der Waals surface area (Å²) in [6, 6.07) is 6.84. The van der Waals surface area contributed by atoms with Gasteiger partial charge in [-0.3, -0.25) is 10.4 Å². The van der Waals surface area contributed by atoms with Crippen LogP contribution in [0.3, 0.4) is 0 Å². The number of fused-ring (bicyclic) bond motifs is 1. The molecule has 9 heteroatoms. The normalized spacial score (nSPS) is 18.0. The highest BCUT2D eigenvalue weighted by atomic mass is 32.1. The minimum absolute atomic E-state index is 0.429. The number of hydrogen-bond donors (Lipinski definition) is 1. The van der Waals surface area contributed by atoms with E-state index in [9.17, 15) is 4.39 Å². The van der Waals surface area contributed by atoms with Gasteiger partial charge in [0.2, 0.25) is 5.95 Å². The third-order valence-electron chi connectivity index (χ3n) is 4.56. The molecular weight excluding hydrogens is 367 g/mol. The Morgan fingerprint density at radius 3 is 2.85 bits per heavy atom. The van der Waals surface area contributed by atoms with Gasteiger partial charge in [0, 0.05) is 38.8 Å². The predicted octanol–water partition coefficient (Wildman–Crippen LogP) is 1.80. The number of thiocarbonyl (C=S) groups is 1. The van der Waals surface area contributed by atoms with Crippen LogP contribution in [-0.4, -0.2) is 58.5 Å². The van der Waals surface area contributed by atoms with E-state index in [4.69, 9.17) is 17.0 Å². The van der Waals surface area contributed by atoms with E-state index < -0.39 is 5.95 Å². The minimum Gasteiger partial charge on any atom is -0.491 e. The standard InChI is InChI=1S/C18H19FN6OS/c19-16-4-3-15-17(21-16)14(5-11-26-15)22-23-18(27)25-9-7-24(8-10-25)13-2-1-6-20-12-13/h1-4,6,12H,5,7-11H2,(H,23,27)/b22-14-. The summed E-state index contributed by atoms with van der Waals surface area (Å²) >= 11 is 5.47. The Kier molecular flexibility index (Phi) is 5.10. The number of hydrazone groups is 1. The number of rotatable bonds is 2. The van der Waals surface area contributed by atoms with Crippen molar-refractivity contribution in [2.45, 2.75) is 6.42 Å². The van der Waals surface area contributed by atoms with E-state index in [1.54, 1.807) is 12.3 Å². The number of hydrogen-bond acceptors (Lipinski definition) is 6. The van der Waals surface area contributed by atoms with Gasteiger partial charge in [-0.1, -0.05) is 0 Å². The van der Waals surface area contributed by atoms with Crippen LogP contribution in [0.15, 0.2) is 41.8 Å². The second-order valence-corrected chi connectivity index (χ2v) is 6.63. The third-order valence-corrected chi connectivity index (χ3v) is 4.91. The lowest BCUT2D eigenvalue weighted by Gasteiger charge is -2.36. The molecule has 27 heavy (non-hydrogen) atoms. The summed E-state index contributed by atoms with van der Waals surface area (Å²) in [7, 11) is 0. The largest absolute Gasteiger partial charge is 0.491 e. The number of halogens is 1. The van der Waals surface area contributed by atoms with E-state index in [1.165, 1.54) is 6.07 Å². The van der Waals surface area contributed by atoms with Gasteiger partial charge in [0.1, 0.15) is 11.4 Å². The van der Waals surface area contributed by atoms with E-state index in [1.807, 2.05) is 12.3 Å². The van der Waals surface area contributed by atoms with Gasteiger partial charge in [-0.15, -0.1) is 0 Å². The predicted molar refractivity (Wildman–Crippen MR) is 105 cm³/mol. The fourth-order valence-corrected chi connectivity index (χ4v) is 3.35. The summed E-state index contributed by atoms with van der Waals surface area (Å²) in [5.41, 5.74) is 5.12. The highest BCUT2D eigenvalue weighted by molar-refractivity contribution is 7.80. The van der Waals surface area contributed by atoms with E-state index in [0.717, 1.165) is 31.9 Å². The number of nitrogens with one attached hydrogen (secondary N) is 1. The molecule has 2 aromatic rings. The van der Waals surface area contributed by atoms with Gasteiger partial charge in [0.25, 0.3) is 0 Å². The summed E-state index contributed by atoms with van der Waals surface area (Å²) in [6.07, 6.45) is 4.19. The molecule has 0 unspecified atom stereocenters. The fourth-order valence-electron chi connectivity index (χ4n) is 3.13. The van der Waals surface area contributed by atoms with E-state index in [0.29, 0.717) is 35.3 Å². The summed E-state index contributed by atoms with van der Waals surface area (Å²) in [5, 5.41) is 4.92. The summed E-state index contributed by atoms with van der Waals surface area (Å²) < 4.78 is 18.9. The van der Waals surface area contributed by atoms with Crippen LogP contribution >= 0.6 is 12.2 Å². The smallest absolute Gasteiger partial charge is 0.213 e. The first-order chi connectivity index (χ1) is 13.2. The maximum atomic E-state index is 13.4. The number of nitrogens with zero attached hydrogens (tertiary/aromatic N) is 5. The second kappa shape index (κ2) is 7.83. The Balaban J connectivity index is 1.37. The van der Waals surface area contributed by atoms with Crippen LogP contribution in [0, 0.1) is 5.95 Å². The molecule has 0 amide bonds. The molecular formula is C18H19FN6OS. The number of ether oxygens (including phenoxy) is 1. The molecule has 4 heterocycles. The van der Waals surface area contributed by atoms with Crippen LogP contribution in [0.25, 0.3) is 0 Å². The second-order valence-electron chi connectivity index (χ2n) is 6.24. The summed E-state index contributed by atoms with van der Waals surface area (Å²) in [5.74, 6) is -0.0137. The molecule has 1 N–H and O–H groups in total. The van der Waals surface area contributed by atoms with Crippen molar-refractivity contribution in [2.75, 3.05) is 37.7 Å². The molecule has 140 valence electrons. The molecule has 0 spiro atoms. The molecule has 0 bridgehead atoms. The van der Waals surface area contributed by atoms with Crippen LogP contribution in [0.2, 0.25) is 0 Å². The van der Waals surface area contributed by atoms with Crippen molar-refractivity contribution in [2.24, 2.45) is 5.10 Å². The van der Waals surface area contributed by atoms with Crippen molar-refractivity contribution in [3.05, 3.63) is 48.3 Å². The lowest BCUT2D eigenvalue weighted by molar-refractivity contribution is 0.316. The van der Waals surface area contributed by atoms with Gasteiger partial charge >= 0.3 is 0 Å². The minimum atomic E-state index is -0.555. The van der Waals surface area contributed by atoms with Crippen molar-refractivity contribution < 1.29 is 9.13 Å². The van der Waals surface area contributed by atoms with Gasteiger partial charge in [-0.05, 0) is 36.5 Å². The van der Waals surface area contributed by atoms with Gasteiger partial charge < -0.3 is 14.5 Å². The number of anilines is 1. The molecule has 0 saturated carbocycles. The first-order valence-electron chi connectivity index (χ1n) is 8.77. The molecule has 0 atom stereocenters. The molecule has 1 saturated heterocycles. The summed E-state index contributed by atoms with van der Waals surface area (Å²) in [4.78, 5) is 12.4. The zero-order valence-corrected chi connectivity index (χ0v) is 15.5. The van der Waals surface area contributed by atoms with Crippen LogP contribution in [0.5, 0.6) is 5.75 Å². The SMILES string of the molecule is Fc1ccc2c(n1)/C(=N\NC(=S)N1CCN(c3cccnc3)CC1)CCO2. The lowest BCUT2D eigenvalue weighted by Crippen LogP contribution is -2.51. The molecule has 2 aliphatic rings. The van der Waals surface area contributed by atoms with Crippen molar-refractivity contribution in [3.63, 3.8) is 0 Å². The van der Waals surface area contributed by atoms with Gasteiger partial charge in [-0.25, -0.2) is 4.98 Å². The maximum Gasteiger partial charge on any atom is 0.213 e. The fraction of sp³-hybridized carbons (Fsp3) is 0.333. The van der Waals surface area contributed by atoms with E-state index in [2.05, 4.69) is 36.4 Å². The number of aromatic nitrogens is 2. The Labute approximate surface area is 161 Å². The van der Waals surface area contributed by atoms with Crippen molar-refractivity contribution >= 4 is 28.7 Å².